The third-order valence-electron chi connectivity index (χ3n) is 3.42. The van der Waals surface area contributed by atoms with E-state index >= 15 is 0 Å². The number of halogens is 1. The Morgan fingerprint density at radius 1 is 1.18 bits per heavy atom. The summed E-state index contributed by atoms with van der Waals surface area (Å²) in [6.45, 7) is 5.77. The molecule has 0 aromatic heterocycles. The summed E-state index contributed by atoms with van der Waals surface area (Å²) in [7, 11) is -3.95. The van der Waals surface area contributed by atoms with E-state index in [0.29, 0.717) is 17.5 Å². The molecule has 0 amide bonds. The van der Waals surface area contributed by atoms with E-state index in [1.54, 1.807) is 0 Å². The number of rotatable bonds is 9. The molecule has 0 spiro atoms. The molecule has 22 heavy (non-hydrogen) atoms. The van der Waals surface area contributed by atoms with Gasteiger partial charge in [-0.25, -0.2) is 13.6 Å². The minimum atomic E-state index is -3.95. The number of benzene rings is 1. The van der Waals surface area contributed by atoms with Crippen LogP contribution in [0.1, 0.15) is 49.9 Å². The third-order valence-corrected chi connectivity index (χ3v) is 4.79. The highest BCUT2D eigenvalue weighted by Crippen LogP contribution is 2.30. The van der Waals surface area contributed by atoms with E-state index in [2.05, 4.69) is 18.7 Å². The van der Waals surface area contributed by atoms with Crippen LogP contribution in [0.4, 0.5) is 5.69 Å². The number of aldehydes is 1. The van der Waals surface area contributed by atoms with Gasteiger partial charge in [-0.2, -0.15) is 0 Å². The Kier molecular flexibility index (Phi) is 7.32. The van der Waals surface area contributed by atoms with Gasteiger partial charge in [0.1, 0.15) is 4.90 Å². The first-order chi connectivity index (χ1) is 10.3. The molecule has 0 aliphatic rings. The number of hydrogen-bond acceptors (Lipinski definition) is 4. The minimum Gasteiger partial charge on any atom is -0.371 e. The minimum absolute atomic E-state index is 0.0427. The monoisotopic (exact) mass is 346 g/mol. The average molecular weight is 347 g/mol. The predicted molar refractivity (Wildman–Crippen MR) is 90.2 cm³/mol. The van der Waals surface area contributed by atoms with Gasteiger partial charge in [-0.3, -0.25) is 4.79 Å². The summed E-state index contributed by atoms with van der Waals surface area (Å²) >= 11 is 6.05. The SMILES string of the molecule is CCCCN(CCCC)c1cc(Cl)c(S(N)(=O)=O)cc1C=O. The summed E-state index contributed by atoms with van der Waals surface area (Å²) < 4.78 is 23.0. The third kappa shape index (κ3) is 4.97. The highest BCUT2D eigenvalue weighted by atomic mass is 35.5. The van der Waals surface area contributed by atoms with E-state index in [4.69, 9.17) is 16.7 Å². The zero-order valence-electron chi connectivity index (χ0n) is 13.0. The second-order valence-electron chi connectivity index (χ2n) is 5.20. The van der Waals surface area contributed by atoms with Crippen LogP contribution in [0.5, 0.6) is 0 Å². The van der Waals surface area contributed by atoms with Crippen molar-refractivity contribution in [2.45, 2.75) is 44.4 Å². The number of anilines is 1. The molecule has 1 rings (SSSR count). The molecule has 7 heteroatoms. The quantitative estimate of drug-likeness (QED) is 0.696. The summed E-state index contributed by atoms with van der Waals surface area (Å²) in [5.41, 5.74) is 0.954. The average Bonchev–Trinajstić information content (AvgIpc) is 2.46. The standard InChI is InChI=1S/C15H23ClN2O3S/c1-3-5-7-18(8-6-4-2)14-10-13(16)15(22(17,20)21)9-12(14)11-19/h9-11H,3-8H2,1-2H3,(H2,17,20,21). The van der Waals surface area contributed by atoms with Crippen molar-refractivity contribution < 1.29 is 13.2 Å². The fourth-order valence-corrected chi connectivity index (χ4v) is 3.30. The molecular formula is C15H23ClN2O3S. The van der Waals surface area contributed by atoms with Crippen LogP contribution >= 0.6 is 11.6 Å². The van der Waals surface area contributed by atoms with Gasteiger partial charge >= 0.3 is 0 Å². The van der Waals surface area contributed by atoms with Crippen LogP contribution in [-0.4, -0.2) is 27.8 Å². The number of carbonyl (C=O) groups is 1. The summed E-state index contributed by atoms with van der Waals surface area (Å²) in [4.78, 5) is 13.2. The molecule has 0 unspecified atom stereocenters. The lowest BCUT2D eigenvalue weighted by Crippen LogP contribution is -2.27. The lowest BCUT2D eigenvalue weighted by atomic mass is 10.1. The van der Waals surface area contributed by atoms with Crippen molar-refractivity contribution in [2.24, 2.45) is 5.14 Å². The molecule has 0 bridgehead atoms. The van der Waals surface area contributed by atoms with Crippen LogP contribution in [-0.2, 0) is 10.0 Å². The van der Waals surface area contributed by atoms with Crippen LogP contribution in [0.3, 0.4) is 0 Å². The van der Waals surface area contributed by atoms with Gasteiger partial charge in [-0.1, -0.05) is 38.3 Å². The second kappa shape index (κ2) is 8.50. The fraction of sp³-hybridized carbons (Fsp3) is 0.533. The van der Waals surface area contributed by atoms with Crippen LogP contribution < -0.4 is 10.0 Å². The first-order valence-corrected chi connectivity index (χ1v) is 9.34. The fourth-order valence-electron chi connectivity index (χ4n) is 2.20. The summed E-state index contributed by atoms with van der Waals surface area (Å²) in [6, 6.07) is 2.78. The maximum absolute atomic E-state index is 11.5. The number of carbonyl (C=O) groups excluding carboxylic acids is 1. The van der Waals surface area contributed by atoms with E-state index in [-0.39, 0.29) is 9.92 Å². The van der Waals surface area contributed by atoms with Crippen molar-refractivity contribution in [1.29, 1.82) is 0 Å². The summed E-state index contributed by atoms with van der Waals surface area (Å²) in [5.74, 6) is 0. The zero-order valence-corrected chi connectivity index (χ0v) is 14.6. The summed E-state index contributed by atoms with van der Waals surface area (Å²) in [5, 5.41) is 5.17. The Balaban J connectivity index is 3.30. The van der Waals surface area contributed by atoms with Crippen molar-refractivity contribution >= 4 is 33.6 Å². The van der Waals surface area contributed by atoms with E-state index in [9.17, 15) is 13.2 Å². The first-order valence-electron chi connectivity index (χ1n) is 7.41. The Morgan fingerprint density at radius 3 is 2.14 bits per heavy atom. The molecular weight excluding hydrogens is 324 g/mol. The molecule has 0 aliphatic heterocycles. The number of nitrogens with zero attached hydrogens (tertiary/aromatic N) is 1. The van der Waals surface area contributed by atoms with E-state index in [1.165, 1.54) is 12.1 Å². The highest BCUT2D eigenvalue weighted by Gasteiger charge is 2.19. The highest BCUT2D eigenvalue weighted by molar-refractivity contribution is 7.89. The molecule has 124 valence electrons. The molecule has 0 radical (unpaired) electrons. The Hall–Kier alpha value is -1.11. The van der Waals surface area contributed by atoms with Gasteiger partial charge in [0.15, 0.2) is 6.29 Å². The number of unbranched alkanes of at least 4 members (excludes halogenated alkanes) is 2. The lowest BCUT2D eigenvalue weighted by molar-refractivity contribution is 0.112. The van der Waals surface area contributed by atoms with Gasteiger partial charge in [0.25, 0.3) is 0 Å². The first kappa shape index (κ1) is 18.9. The van der Waals surface area contributed by atoms with Crippen LogP contribution in [0, 0.1) is 0 Å². The van der Waals surface area contributed by atoms with Gasteiger partial charge in [0.05, 0.1) is 5.02 Å². The van der Waals surface area contributed by atoms with Crippen molar-refractivity contribution in [1.82, 2.24) is 0 Å². The van der Waals surface area contributed by atoms with Crippen molar-refractivity contribution in [3.8, 4) is 0 Å². The van der Waals surface area contributed by atoms with Crippen molar-refractivity contribution in [2.75, 3.05) is 18.0 Å². The molecule has 1 aromatic carbocycles. The lowest BCUT2D eigenvalue weighted by Gasteiger charge is -2.26. The normalized spacial score (nSPS) is 11.5. The smallest absolute Gasteiger partial charge is 0.239 e. The Morgan fingerprint density at radius 2 is 1.73 bits per heavy atom. The van der Waals surface area contributed by atoms with Crippen LogP contribution in [0.25, 0.3) is 0 Å². The Bertz CT molecular complexity index is 609. The van der Waals surface area contributed by atoms with E-state index in [1.807, 2.05) is 0 Å². The Labute approximate surface area is 137 Å². The number of sulfonamides is 1. The van der Waals surface area contributed by atoms with Gasteiger partial charge in [0.2, 0.25) is 10.0 Å². The van der Waals surface area contributed by atoms with E-state index in [0.717, 1.165) is 38.8 Å². The van der Waals surface area contributed by atoms with Crippen LogP contribution in [0.15, 0.2) is 17.0 Å². The largest absolute Gasteiger partial charge is 0.371 e. The zero-order chi connectivity index (χ0) is 16.8. The molecule has 0 atom stereocenters. The van der Waals surface area contributed by atoms with Crippen LogP contribution in [0.2, 0.25) is 5.02 Å². The number of hydrogen-bond donors (Lipinski definition) is 1. The molecule has 0 saturated carbocycles. The summed E-state index contributed by atoms with van der Waals surface area (Å²) in [6.07, 6.45) is 4.67. The maximum atomic E-state index is 11.5. The van der Waals surface area contributed by atoms with E-state index < -0.39 is 10.0 Å². The molecule has 0 fully saturated rings. The molecule has 2 N–H and O–H groups in total. The van der Waals surface area contributed by atoms with Crippen molar-refractivity contribution in [3.05, 3.63) is 22.7 Å². The predicted octanol–water partition coefficient (Wildman–Crippen LogP) is 3.21. The molecule has 0 aliphatic carbocycles. The number of primary sulfonamides is 1. The molecule has 0 saturated heterocycles. The second-order valence-corrected chi connectivity index (χ2v) is 7.14. The molecule has 1 aromatic rings. The molecule has 0 heterocycles. The van der Waals surface area contributed by atoms with Gasteiger partial charge in [-0.05, 0) is 25.0 Å². The topological polar surface area (TPSA) is 80.5 Å². The van der Waals surface area contributed by atoms with Gasteiger partial charge < -0.3 is 4.90 Å². The van der Waals surface area contributed by atoms with Gasteiger partial charge in [0, 0.05) is 24.3 Å². The number of nitrogens with two attached hydrogens (primary N) is 1. The van der Waals surface area contributed by atoms with Crippen molar-refractivity contribution in [3.63, 3.8) is 0 Å². The molecule has 5 nitrogen and oxygen atoms in total. The maximum Gasteiger partial charge on any atom is 0.239 e. The van der Waals surface area contributed by atoms with Gasteiger partial charge in [-0.15, -0.1) is 0 Å².